The number of carbonyl (C=O) groups is 1. The maximum atomic E-state index is 12.7. The van der Waals surface area contributed by atoms with Gasteiger partial charge in [-0.05, 0) is 48.0 Å². The van der Waals surface area contributed by atoms with Crippen LogP contribution in [0.3, 0.4) is 0 Å². The van der Waals surface area contributed by atoms with Crippen molar-refractivity contribution < 1.29 is 23.4 Å². The van der Waals surface area contributed by atoms with Crippen LogP contribution in [0.15, 0.2) is 47.6 Å². The van der Waals surface area contributed by atoms with Gasteiger partial charge in [0.2, 0.25) is 6.79 Å². The van der Waals surface area contributed by atoms with Gasteiger partial charge in [-0.1, -0.05) is 0 Å². The Balaban J connectivity index is 1.47. The molecule has 1 aliphatic heterocycles. The van der Waals surface area contributed by atoms with Crippen LogP contribution in [-0.4, -0.2) is 25.5 Å². The van der Waals surface area contributed by atoms with Crippen molar-refractivity contribution in [1.29, 1.82) is 0 Å². The minimum absolute atomic E-state index is 0.202. The highest BCUT2D eigenvalue weighted by Crippen LogP contribution is 2.31. The van der Waals surface area contributed by atoms with Crippen LogP contribution in [0.1, 0.15) is 5.56 Å². The molecule has 0 spiro atoms. The molecule has 6 nitrogen and oxygen atoms in total. The molecule has 3 rings (SSSR count). The van der Waals surface area contributed by atoms with Gasteiger partial charge in [-0.25, -0.2) is 9.82 Å². The normalized spacial score (nSPS) is 12.4. The Morgan fingerprint density at radius 3 is 2.83 bits per heavy atom. The van der Waals surface area contributed by atoms with Crippen LogP contribution in [0, 0.1) is 5.82 Å². The van der Waals surface area contributed by atoms with Crippen molar-refractivity contribution >= 4 is 12.1 Å². The van der Waals surface area contributed by atoms with Gasteiger partial charge in [-0.15, -0.1) is 0 Å². The Morgan fingerprint density at radius 2 is 2.00 bits per heavy atom. The molecule has 118 valence electrons. The fourth-order valence-corrected chi connectivity index (χ4v) is 1.88. The van der Waals surface area contributed by atoms with Crippen LogP contribution in [-0.2, 0) is 4.79 Å². The number of hydrazone groups is 1. The lowest BCUT2D eigenvalue weighted by Gasteiger charge is -2.04. The summed E-state index contributed by atoms with van der Waals surface area (Å²) in [4.78, 5) is 11.6. The average molecular weight is 316 g/mol. The number of amides is 1. The first kappa shape index (κ1) is 14.8. The third-order valence-electron chi connectivity index (χ3n) is 2.98. The van der Waals surface area contributed by atoms with Crippen molar-refractivity contribution in [2.75, 3.05) is 13.4 Å². The van der Waals surface area contributed by atoms with Gasteiger partial charge in [0.1, 0.15) is 11.6 Å². The van der Waals surface area contributed by atoms with Gasteiger partial charge in [0.15, 0.2) is 18.1 Å². The van der Waals surface area contributed by atoms with Crippen molar-refractivity contribution in [2.45, 2.75) is 0 Å². The van der Waals surface area contributed by atoms with E-state index in [-0.39, 0.29) is 19.2 Å². The summed E-state index contributed by atoms with van der Waals surface area (Å²) in [5.74, 6) is 0.932. The minimum Gasteiger partial charge on any atom is -0.484 e. The van der Waals surface area contributed by atoms with E-state index in [1.807, 2.05) is 0 Å². The molecular formula is C16H13FN2O4. The molecule has 0 aliphatic carbocycles. The lowest BCUT2D eigenvalue weighted by molar-refractivity contribution is -0.123. The van der Waals surface area contributed by atoms with E-state index in [9.17, 15) is 9.18 Å². The Bertz CT molecular complexity index is 731. The summed E-state index contributed by atoms with van der Waals surface area (Å²) in [5, 5.41) is 3.83. The van der Waals surface area contributed by atoms with E-state index in [1.54, 1.807) is 18.2 Å². The molecule has 0 saturated carbocycles. The fraction of sp³-hybridized carbons (Fsp3) is 0.125. The first-order valence-electron chi connectivity index (χ1n) is 6.80. The summed E-state index contributed by atoms with van der Waals surface area (Å²) in [7, 11) is 0. The summed E-state index contributed by atoms with van der Waals surface area (Å²) >= 11 is 0. The predicted octanol–water partition coefficient (Wildman–Crippen LogP) is 2.08. The number of benzene rings is 2. The molecule has 0 bridgehead atoms. The number of nitrogens with zero attached hydrogens (tertiary/aromatic N) is 1. The Kier molecular flexibility index (Phi) is 4.37. The number of halogens is 1. The second kappa shape index (κ2) is 6.78. The highest BCUT2D eigenvalue weighted by Gasteiger charge is 2.12. The van der Waals surface area contributed by atoms with Crippen molar-refractivity contribution in [3.05, 3.63) is 53.8 Å². The van der Waals surface area contributed by atoms with E-state index in [4.69, 9.17) is 14.2 Å². The molecule has 0 aromatic heterocycles. The molecule has 0 saturated heterocycles. The third kappa shape index (κ3) is 3.97. The van der Waals surface area contributed by atoms with Crippen LogP contribution in [0.5, 0.6) is 17.2 Å². The molecule has 23 heavy (non-hydrogen) atoms. The van der Waals surface area contributed by atoms with Crippen molar-refractivity contribution in [3.63, 3.8) is 0 Å². The molecule has 2 aromatic rings. The summed E-state index contributed by atoms with van der Waals surface area (Å²) in [6, 6.07) is 10.7. The highest BCUT2D eigenvalue weighted by atomic mass is 19.1. The van der Waals surface area contributed by atoms with Crippen LogP contribution in [0.4, 0.5) is 4.39 Å². The van der Waals surface area contributed by atoms with Crippen LogP contribution < -0.4 is 19.6 Å². The predicted molar refractivity (Wildman–Crippen MR) is 80.2 cm³/mol. The summed E-state index contributed by atoms with van der Waals surface area (Å²) in [5.41, 5.74) is 3.10. The zero-order valence-corrected chi connectivity index (χ0v) is 12.0. The van der Waals surface area contributed by atoms with Gasteiger partial charge >= 0.3 is 0 Å². The Hall–Kier alpha value is -3.09. The first-order valence-corrected chi connectivity index (χ1v) is 6.80. The third-order valence-corrected chi connectivity index (χ3v) is 2.98. The van der Waals surface area contributed by atoms with E-state index >= 15 is 0 Å². The zero-order valence-electron chi connectivity index (χ0n) is 12.0. The minimum atomic E-state index is -0.425. The van der Waals surface area contributed by atoms with Gasteiger partial charge in [0.05, 0.1) is 6.21 Å². The lowest BCUT2D eigenvalue weighted by Crippen LogP contribution is -2.24. The van der Waals surface area contributed by atoms with E-state index in [1.165, 1.54) is 30.5 Å². The van der Waals surface area contributed by atoms with Crippen molar-refractivity contribution in [3.8, 4) is 17.2 Å². The molecule has 0 radical (unpaired) electrons. The summed E-state index contributed by atoms with van der Waals surface area (Å²) in [6.45, 7) is -0.0164. The van der Waals surface area contributed by atoms with Gasteiger partial charge in [-0.3, -0.25) is 4.79 Å². The van der Waals surface area contributed by atoms with Gasteiger partial charge in [0.25, 0.3) is 5.91 Å². The van der Waals surface area contributed by atoms with Crippen LogP contribution in [0.25, 0.3) is 0 Å². The number of rotatable bonds is 5. The molecule has 0 atom stereocenters. The lowest BCUT2D eigenvalue weighted by atomic mass is 10.2. The fourth-order valence-electron chi connectivity index (χ4n) is 1.88. The SMILES string of the molecule is O=C(COc1ccc(F)cc1)N/N=C/c1ccc2c(c1)OCO2. The first-order chi connectivity index (χ1) is 11.2. The molecule has 1 amide bonds. The monoisotopic (exact) mass is 316 g/mol. The van der Waals surface area contributed by atoms with Gasteiger partial charge in [0, 0.05) is 0 Å². The topological polar surface area (TPSA) is 69.2 Å². The van der Waals surface area contributed by atoms with E-state index in [2.05, 4.69) is 10.5 Å². The molecule has 2 aromatic carbocycles. The average Bonchev–Trinajstić information content (AvgIpc) is 3.02. The largest absolute Gasteiger partial charge is 0.484 e. The zero-order chi connectivity index (χ0) is 16.1. The maximum absolute atomic E-state index is 12.7. The van der Waals surface area contributed by atoms with E-state index in [0.717, 1.165) is 5.56 Å². The molecule has 0 unspecified atom stereocenters. The standard InChI is InChI=1S/C16H13FN2O4/c17-12-2-4-13(5-3-12)21-9-16(20)19-18-8-11-1-6-14-15(7-11)23-10-22-14/h1-8H,9-10H2,(H,19,20)/b18-8+. The van der Waals surface area contributed by atoms with E-state index < -0.39 is 5.91 Å². The maximum Gasteiger partial charge on any atom is 0.277 e. The second-order valence-corrected chi connectivity index (χ2v) is 4.65. The molecule has 1 aliphatic rings. The molecule has 1 heterocycles. The molecule has 0 fully saturated rings. The number of nitrogens with one attached hydrogen (secondary N) is 1. The van der Waals surface area contributed by atoms with Crippen molar-refractivity contribution in [1.82, 2.24) is 5.43 Å². The number of hydrogen-bond donors (Lipinski definition) is 1. The van der Waals surface area contributed by atoms with Gasteiger partial charge in [-0.2, -0.15) is 5.10 Å². The second-order valence-electron chi connectivity index (χ2n) is 4.65. The number of fused-ring (bicyclic) bond motifs is 1. The summed E-state index contributed by atoms with van der Waals surface area (Å²) < 4.78 is 28.4. The molecular weight excluding hydrogens is 303 g/mol. The number of ether oxygens (including phenoxy) is 3. The quantitative estimate of drug-likeness (QED) is 0.677. The van der Waals surface area contributed by atoms with E-state index in [0.29, 0.717) is 17.2 Å². The smallest absolute Gasteiger partial charge is 0.277 e. The summed E-state index contributed by atoms with van der Waals surface area (Å²) in [6.07, 6.45) is 1.48. The number of carbonyl (C=O) groups excluding carboxylic acids is 1. The van der Waals surface area contributed by atoms with Crippen LogP contribution in [0.2, 0.25) is 0 Å². The molecule has 1 N–H and O–H groups in total. The highest BCUT2D eigenvalue weighted by molar-refractivity contribution is 5.83. The Labute approximate surface area is 131 Å². The van der Waals surface area contributed by atoms with Gasteiger partial charge < -0.3 is 14.2 Å². The van der Waals surface area contributed by atoms with Crippen molar-refractivity contribution in [2.24, 2.45) is 5.10 Å². The molecule has 7 heteroatoms. The van der Waals surface area contributed by atoms with Crippen LogP contribution >= 0.6 is 0 Å². The Morgan fingerprint density at radius 1 is 1.22 bits per heavy atom. The number of hydrogen-bond acceptors (Lipinski definition) is 5.